The zero-order chi connectivity index (χ0) is 11.5. The minimum Gasteiger partial charge on any atom is -0.398 e. The van der Waals surface area contributed by atoms with E-state index in [2.05, 4.69) is 9.59 Å². The number of halogens is 2. The molecule has 0 bridgehead atoms. The van der Waals surface area contributed by atoms with Gasteiger partial charge in [0.05, 0.1) is 0 Å². The number of thioether (sulfide) groups is 1. The number of nitrogens with zero attached hydrogens (tertiary/aromatic N) is 2. The summed E-state index contributed by atoms with van der Waals surface area (Å²) in [6.45, 7) is 0. The van der Waals surface area contributed by atoms with Crippen LogP contribution in [0, 0.1) is 0 Å². The summed E-state index contributed by atoms with van der Waals surface area (Å²) in [4.78, 5) is 0.966. The van der Waals surface area contributed by atoms with Crippen LogP contribution in [0.4, 0.5) is 5.69 Å². The number of nitrogens with two attached hydrogens (primary N) is 1. The summed E-state index contributed by atoms with van der Waals surface area (Å²) >= 11 is 14.5. The Bertz CT molecular complexity index is 501. The number of hydrogen-bond donors (Lipinski definition) is 1. The van der Waals surface area contributed by atoms with Crippen LogP contribution in [-0.4, -0.2) is 9.59 Å². The van der Waals surface area contributed by atoms with Crippen molar-refractivity contribution in [2.45, 2.75) is 10.6 Å². The Balaban J connectivity index is 2.08. The van der Waals surface area contributed by atoms with Crippen LogP contribution in [-0.2, 0) is 5.75 Å². The monoisotopic (exact) mass is 291 g/mol. The van der Waals surface area contributed by atoms with Crippen molar-refractivity contribution < 1.29 is 0 Å². The van der Waals surface area contributed by atoms with E-state index in [0.717, 1.165) is 10.6 Å². The number of aromatic nitrogens is 2. The molecular weight excluding hydrogens is 285 g/mol. The molecule has 0 aliphatic heterocycles. The summed E-state index contributed by atoms with van der Waals surface area (Å²) in [5, 5.41) is 4.56. The maximum Gasteiger partial charge on any atom is 0.138 e. The molecule has 0 spiro atoms. The van der Waals surface area contributed by atoms with E-state index in [1.807, 2.05) is 6.07 Å². The lowest BCUT2D eigenvalue weighted by molar-refractivity contribution is 1.07. The molecule has 7 heteroatoms. The minimum atomic E-state index is 0.625. The lowest BCUT2D eigenvalue weighted by atomic mass is 10.3. The predicted molar refractivity (Wildman–Crippen MR) is 70.3 cm³/mol. The molecule has 0 radical (unpaired) electrons. The number of nitrogen functional groups attached to an aromatic ring is 1. The quantitative estimate of drug-likeness (QED) is 0.692. The van der Waals surface area contributed by atoms with Gasteiger partial charge in [-0.15, -0.1) is 16.9 Å². The Hall–Kier alpha value is -0.490. The van der Waals surface area contributed by atoms with E-state index in [4.69, 9.17) is 28.9 Å². The van der Waals surface area contributed by atoms with Crippen LogP contribution in [0.15, 0.2) is 23.1 Å². The van der Waals surface area contributed by atoms with E-state index in [1.54, 1.807) is 23.9 Å². The van der Waals surface area contributed by atoms with Crippen LogP contribution in [0.3, 0.4) is 0 Å². The molecule has 0 aliphatic rings. The van der Waals surface area contributed by atoms with Gasteiger partial charge in [0.1, 0.15) is 10.0 Å². The van der Waals surface area contributed by atoms with Crippen molar-refractivity contribution in [2.24, 2.45) is 0 Å². The van der Waals surface area contributed by atoms with E-state index >= 15 is 0 Å². The van der Waals surface area contributed by atoms with E-state index in [1.165, 1.54) is 11.5 Å². The first-order valence-corrected chi connectivity index (χ1v) is 6.83. The van der Waals surface area contributed by atoms with Crippen molar-refractivity contribution in [2.75, 3.05) is 5.73 Å². The molecule has 0 amide bonds. The summed E-state index contributed by atoms with van der Waals surface area (Å²) in [6.07, 6.45) is 0. The van der Waals surface area contributed by atoms with Crippen LogP contribution in [0.5, 0.6) is 0 Å². The maximum atomic E-state index is 5.90. The van der Waals surface area contributed by atoms with Gasteiger partial charge in [-0.2, -0.15) is 0 Å². The third kappa shape index (κ3) is 2.79. The average molecular weight is 292 g/mol. The van der Waals surface area contributed by atoms with E-state index in [0.29, 0.717) is 20.8 Å². The Labute approximate surface area is 111 Å². The first-order valence-electron chi connectivity index (χ1n) is 4.31. The van der Waals surface area contributed by atoms with Gasteiger partial charge < -0.3 is 5.73 Å². The van der Waals surface area contributed by atoms with Gasteiger partial charge in [-0.1, -0.05) is 27.7 Å². The smallest absolute Gasteiger partial charge is 0.138 e. The van der Waals surface area contributed by atoms with Crippen LogP contribution in [0.25, 0.3) is 0 Å². The van der Waals surface area contributed by atoms with Gasteiger partial charge in [0.25, 0.3) is 0 Å². The molecule has 84 valence electrons. The fraction of sp³-hybridized carbons (Fsp3) is 0.111. The van der Waals surface area contributed by atoms with Crippen LogP contribution in [0.2, 0.25) is 9.36 Å². The molecule has 2 N–H and O–H groups in total. The highest BCUT2D eigenvalue weighted by Gasteiger charge is 2.07. The molecule has 0 aliphatic carbocycles. The van der Waals surface area contributed by atoms with Gasteiger partial charge in [-0.05, 0) is 18.2 Å². The maximum absolute atomic E-state index is 5.90. The van der Waals surface area contributed by atoms with Gasteiger partial charge in [0, 0.05) is 32.9 Å². The Morgan fingerprint density at radius 1 is 1.38 bits per heavy atom. The second-order valence-corrected chi connectivity index (χ2v) is 5.77. The van der Waals surface area contributed by atoms with Crippen molar-refractivity contribution in [3.8, 4) is 0 Å². The summed E-state index contributed by atoms with van der Waals surface area (Å²) in [5.74, 6) is 0.654. The van der Waals surface area contributed by atoms with Crippen molar-refractivity contribution in [1.29, 1.82) is 0 Å². The number of anilines is 1. The first-order chi connectivity index (χ1) is 7.66. The molecule has 2 aromatic rings. The normalized spacial score (nSPS) is 10.6. The summed E-state index contributed by atoms with van der Waals surface area (Å²) in [6, 6.07) is 5.42. The van der Waals surface area contributed by atoms with Crippen LogP contribution < -0.4 is 5.73 Å². The van der Waals surface area contributed by atoms with E-state index < -0.39 is 0 Å². The van der Waals surface area contributed by atoms with Crippen molar-refractivity contribution in [3.63, 3.8) is 0 Å². The van der Waals surface area contributed by atoms with Gasteiger partial charge in [-0.25, -0.2) is 0 Å². The minimum absolute atomic E-state index is 0.625. The fourth-order valence-electron chi connectivity index (χ4n) is 1.08. The molecular formula is C9H7Cl2N3S2. The largest absolute Gasteiger partial charge is 0.398 e. The summed E-state index contributed by atoms with van der Waals surface area (Å²) in [7, 11) is 0. The SMILES string of the molecule is Nc1cc(Cl)ccc1SCc1nnsc1Cl. The average Bonchev–Trinajstić information content (AvgIpc) is 2.63. The van der Waals surface area contributed by atoms with Crippen LogP contribution in [0.1, 0.15) is 5.69 Å². The zero-order valence-corrected chi connectivity index (χ0v) is 11.1. The predicted octanol–water partition coefficient (Wildman–Crippen LogP) is 3.72. The standard InChI is InChI=1S/C9H7Cl2N3S2/c10-5-1-2-8(6(12)3-5)15-4-7-9(11)16-14-13-7/h1-3H,4,12H2. The molecule has 0 atom stereocenters. The molecule has 1 aromatic carbocycles. The van der Waals surface area contributed by atoms with Crippen molar-refractivity contribution in [3.05, 3.63) is 33.3 Å². The van der Waals surface area contributed by atoms with Crippen molar-refractivity contribution in [1.82, 2.24) is 9.59 Å². The number of hydrogen-bond acceptors (Lipinski definition) is 5. The fourth-order valence-corrected chi connectivity index (χ4v) is 2.94. The Morgan fingerprint density at radius 2 is 2.19 bits per heavy atom. The molecule has 0 saturated heterocycles. The molecule has 0 unspecified atom stereocenters. The highest BCUT2D eigenvalue weighted by Crippen LogP contribution is 2.31. The lowest BCUT2D eigenvalue weighted by Crippen LogP contribution is -1.89. The Morgan fingerprint density at radius 3 is 2.81 bits per heavy atom. The second-order valence-electron chi connectivity index (χ2n) is 2.96. The molecule has 16 heavy (non-hydrogen) atoms. The molecule has 0 fully saturated rings. The van der Waals surface area contributed by atoms with Gasteiger partial charge in [-0.3, -0.25) is 0 Å². The van der Waals surface area contributed by atoms with Gasteiger partial charge >= 0.3 is 0 Å². The molecule has 1 aromatic heterocycles. The lowest BCUT2D eigenvalue weighted by Gasteiger charge is -2.04. The molecule has 0 saturated carbocycles. The first kappa shape index (κ1) is 12.0. The second kappa shape index (κ2) is 5.23. The summed E-state index contributed by atoms with van der Waals surface area (Å²) < 4.78 is 4.39. The highest BCUT2D eigenvalue weighted by atomic mass is 35.5. The zero-order valence-electron chi connectivity index (χ0n) is 7.98. The molecule has 3 nitrogen and oxygen atoms in total. The third-order valence-electron chi connectivity index (χ3n) is 1.85. The Kier molecular flexibility index (Phi) is 3.91. The third-order valence-corrected chi connectivity index (χ3v) is 4.17. The molecule has 2 rings (SSSR count). The highest BCUT2D eigenvalue weighted by molar-refractivity contribution is 7.98. The number of rotatable bonds is 3. The van der Waals surface area contributed by atoms with Gasteiger partial charge in [0.15, 0.2) is 0 Å². The van der Waals surface area contributed by atoms with Crippen molar-refractivity contribution >= 4 is 52.2 Å². The summed E-state index contributed by atoms with van der Waals surface area (Å²) in [5.41, 5.74) is 7.27. The topological polar surface area (TPSA) is 51.8 Å². The van der Waals surface area contributed by atoms with Crippen LogP contribution >= 0.6 is 46.5 Å². The van der Waals surface area contributed by atoms with E-state index in [-0.39, 0.29) is 0 Å². The number of benzene rings is 1. The van der Waals surface area contributed by atoms with E-state index in [9.17, 15) is 0 Å². The molecule has 1 heterocycles. The van der Waals surface area contributed by atoms with Gasteiger partial charge in [0.2, 0.25) is 0 Å².